The van der Waals surface area contributed by atoms with Crippen molar-refractivity contribution in [1.29, 1.82) is 0 Å². The Hall–Kier alpha value is -1.31. The normalized spacial score (nSPS) is 12.4. The van der Waals surface area contributed by atoms with Crippen LogP contribution in [0.2, 0.25) is 5.02 Å². The smallest absolute Gasteiger partial charge is 0.0435 e. The third-order valence-corrected chi connectivity index (χ3v) is 4.51. The van der Waals surface area contributed by atoms with E-state index >= 15 is 0 Å². The third kappa shape index (κ3) is 3.87. The number of halogens is 1. The molecule has 2 heteroatoms. The number of rotatable bonds is 5. The molecule has 0 aromatic heterocycles. The summed E-state index contributed by atoms with van der Waals surface area (Å²) in [4.78, 5) is 0. The van der Waals surface area contributed by atoms with Gasteiger partial charge in [0.15, 0.2) is 0 Å². The van der Waals surface area contributed by atoms with Gasteiger partial charge in [-0.2, -0.15) is 0 Å². The third-order valence-electron chi connectivity index (χ3n) is 4.09. The van der Waals surface area contributed by atoms with Gasteiger partial charge in [-0.15, -0.1) is 0 Å². The Morgan fingerprint density at radius 1 is 1.00 bits per heavy atom. The van der Waals surface area contributed by atoms with E-state index in [1.54, 1.807) is 0 Å². The van der Waals surface area contributed by atoms with E-state index in [4.69, 9.17) is 11.6 Å². The maximum atomic E-state index is 6.15. The van der Waals surface area contributed by atoms with Crippen molar-refractivity contribution in [3.63, 3.8) is 0 Å². The van der Waals surface area contributed by atoms with E-state index in [0.29, 0.717) is 6.04 Å². The van der Waals surface area contributed by atoms with Crippen LogP contribution in [-0.2, 0) is 6.42 Å². The van der Waals surface area contributed by atoms with Crippen LogP contribution in [0.5, 0.6) is 0 Å². The minimum Gasteiger partial charge on any atom is -0.310 e. The zero-order valence-electron chi connectivity index (χ0n) is 13.3. The molecular formula is C19H24ClN. The molecule has 2 rings (SSSR count). The molecule has 1 nitrogen and oxygen atoms in total. The molecule has 0 fully saturated rings. The highest BCUT2D eigenvalue weighted by Crippen LogP contribution is 2.26. The van der Waals surface area contributed by atoms with E-state index in [1.807, 2.05) is 6.07 Å². The molecule has 0 heterocycles. The summed E-state index contributed by atoms with van der Waals surface area (Å²) in [6, 6.07) is 13.2. The zero-order valence-corrected chi connectivity index (χ0v) is 14.1. The molecule has 0 spiro atoms. The van der Waals surface area contributed by atoms with Crippen LogP contribution in [0.25, 0.3) is 0 Å². The minimum absolute atomic E-state index is 0.325. The van der Waals surface area contributed by atoms with Crippen LogP contribution in [0.15, 0.2) is 36.4 Å². The lowest BCUT2D eigenvalue weighted by molar-refractivity contribution is 0.547. The zero-order chi connectivity index (χ0) is 15.4. The van der Waals surface area contributed by atoms with Crippen molar-refractivity contribution in [2.45, 2.75) is 40.2 Å². The molecule has 0 saturated carbocycles. The molecule has 0 aliphatic rings. The summed E-state index contributed by atoms with van der Waals surface area (Å²) < 4.78 is 0. The monoisotopic (exact) mass is 301 g/mol. The second-order valence-electron chi connectivity index (χ2n) is 5.69. The van der Waals surface area contributed by atoms with Crippen LogP contribution < -0.4 is 5.32 Å². The first-order chi connectivity index (χ1) is 10.0. The highest BCUT2D eigenvalue weighted by atomic mass is 35.5. The van der Waals surface area contributed by atoms with Crippen LogP contribution >= 0.6 is 11.6 Å². The minimum atomic E-state index is 0.325. The molecule has 2 aromatic rings. The standard InChI is InChI=1S/C19H24ClN/c1-5-21-19(16-9-10-18(20)15(4)11-16)12-17-13(2)7-6-8-14(17)3/h6-11,19,21H,5,12H2,1-4H3. The Kier molecular flexibility index (Phi) is 5.44. The van der Waals surface area contributed by atoms with E-state index < -0.39 is 0 Å². The first-order valence-corrected chi connectivity index (χ1v) is 7.95. The molecule has 21 heavy (non-hydrogen) atoms. The summed E-state index contributed by atoms with van der Waals surface area (Å²) in [5.41, 5.74) is 6.61. The molecule has 0 aliphatic carbocycles. The number of likely N-dealkylation sites (N-methyl/N-ethyl adjacent to an activating group) is 1. The molecule has 0 amide bonds. The number of hydrogen-bond acceptors (Lipinski definition) is 1. The number of aryl methyl sites for hydroxylation is 3. The van der Waals surface area contributed by atoms with Crippen molar-refractivity contribution >= 4 is 11.6 Å². The van der Waals surface area contributed by atoms with Crippen LogP contribution in [0.4, 0.5) is 0 Å². The fraction of sp³-hybridized carbons (Fsp3) is 0.368. The Morgan fingerprint density at radius 2 is 1.67 bits per heavy atom. The molecule has 0 radical (unpaired) electrons. The van der Waals surface area contributed by atoms with Gasteiger partial charge in [0.25, 0.3) is 0 Å². The number of hydrogen-bond donors (Lipinski definition) is 1. The molecule has 0 bridgehead atoms. The van der Waals surface area contributed by atoms with Gasteiger partial charge in [-0.25, -0.2) is 0 Å². The molecule has 0 aliphatic heterocycles. The summed E-state index contributed by atoms with van der Waals surface area (Å²) in [7, 11) is 0. The lowest BCUT2D eigenvalue weighted by Gasteiger charge is -2.21. The molecular weight excluding hydrogens is 278 g/mol. The van der Waals surface area contributed by atoms with Gasteiger partial charge in [-0.3, -0.25) is 0 Å². The van der Waals surface area contributed by atoms with E-state index in [9.17, 15) is 0 Å². The van der Waals surface area contributed by atoms with Gasteiger partial charge in [0.2, 0.25) is 0 Å². The van der Waals surface area contributed by atoms with Gasteiger partial charge in [0.1, 0.15) is 0 Å². The van der Waals surface area contributed by atoms with Crippen LogP contribution in [0.3, 0.4) is 0 Å². The first-order valence-electron chi connectivity index (χ1n) is 7.57. The van der Waals surface area contributed by atoms with Crippen LogP contribution in [0.1, 0.15) is 40.8 Å². The molecule has 112 valence electrons. The molecule has 2 aromatic carbocycles. The van der Waals surface area contributed by atoms with Crippen molar-refractivity contribution in [3.8, 4) is 0 Å². The number of benzene rings is 2. The van der Waals surface area contributed by atoms with Gasteiger partial charge in [0, 0.05) is 11.1 Å². The van der Waals surface area contributed by atoms with Crippen molar-refractivity contribution in [2.24, 2.45) is 0 Å². The predicted molar refractivity (Wildman–Crippen MR) is 92.2 cm³/mol. The van der Waals surface area contributed by atoms with Crippen molar-refractivity contribution < 1.29 is 0 Å². The highest BCUT2D eigenvalue weighted by Gasteiger charge is 2.14. The fourth-order valence-corrected chi connectivity index (χ4v) is 2.93. The van der Waals surface area contributed by atoms with E-state index in [1.165, 1.54) is 22.3 Å². The van der Waals surface area contributed by atoms with Gasteiger partial charge in [-0.05, 0) is 67.6 Å². The van der Waals surface area contributed by atoms with Gasteiger partial charge in [0.05, 0.1) is 0 Å². The van der Waals surface area contributed by atoms with Crippen LogP contribution in [-0.4, -0.2) is 6.54 Å². The van der Waals surface area contributed by atoms with Crippen molar-refractivity contribution in [3.05, 3.63) is 69.2 Å². The average Bonchev–Trinajstić information content (AvgIpc) is 2.45. The topological polar surface area (TPSA) is 12.0 Å². The van der Waals surface area contributed by atoms with Crippen molar-refractivity contribution in [2.75, 3.05) is 6.54 Å². The fourth-order valence-electron chi connectivity index (χ4n) is 2.81. The van der Waals surface area contributed by atoms with Gasteiger partial charge < -0.3 is 5.32 Å². The van der Waals surface area contributed by atoms with E-state index in [-0.39, 0.29) is 0 Å². The Bertz CT molecular complexity index is 599. The first kappa shape index (κ1) is 16.1. The highest BCUT2D eigenvalue weighted by molar-refractivity contribution is 6.31. The maximum absolute atomic E-state index is 6.15. The molecule has 1 N–H and O–H groups in total. The lowest BCUT2D eigenvalue weighted by Crippen LogP contribution is -2.23. The second-order valence-corrected chi connectivity index (χ2v) is 6.10. The van der Waals surface area contributed by atoms with Crippen LogP contribution in [0, 0.1) is 20.8 Å². The summed E-state index contributed by atoms with van der Waals surface area (Å²) in [6.07, 6.45) is 1.01. The largest absolute Gasteiger partial charge is 0.310 e. The summed E-state index contributed by atoms with van der Waals surface area (Å²) >= 11 is 6.15. The summed E-state index contributed by atoms with van der Waals surface area (Å²) in [6.45, 7) is 9.56. The second kappa shape index (κ2) is 7.11. The Morgan fingerprint density at radius 3 is 2.24 bits per heavy atom. The predicted octanol–water partition coefficient (Wildman–Crippen LogP) is 5.16. The molecule has 1 unspecified atom stereocenters. The maximum Gasteiger partial charge on any atom is 0.0435 e. The van der Waals surface area contributed by atoms with Gasteiger partial charge in [-0.1, -0.05) is 48.9 Å². The van der Waals surface area contributed by atoms with E-state index in [0.717, 1.165) is 23.6 Å². The van der Waals surface area contributed by atoms with Crippen molar-refractivity contribution in [1.82, 2.24) is 5.32 Å². The van der Waals surface area contributed by atoms with Gasteiger partial charge >= 0.3 is 0 Å². The van der Waals surface area contributed by atoms with E-state index in [2.05, 4.69) is 63.3 Å². The SMILES string of the molecule is CCNC(Cc1c(C)cccc1C)c1ccc(Cl)c(C)c1. The Labute approximate surface area is 133 Å². The quantitative estimate of drug-likeness (QED) is 0.804. The number of nitrogens with one attached hydrogen (secondary N) is 1. The lowest BCUT2D eigenvalue weighted by atomic mass is 9.92. The average molecular weight is 302 g/mol. The Balaban J connectivity index is 2.33. The summed E-state index contributed by atoms with van der Waals surface area (Å²) in [5, 5.41) is 4.44. The molecule has 0 saturated heterocycles. The molecule has 1 atom stereocenters. The summed E-state index contributed by atoms with van der Waals surface area (Å²) in [5.74, 6) is 0.